The molecular weight excluding hydrogens is 328 g/mol. The van der Waals surface area contributed by atoms with Crippen LogP contribution in [-0.4, -0.2) is 48.2 Å². The zero-order valence-corrected chi connectivity index (χ0v) is 16.2. The Balaban J connectivity index is 2.68. The molecular formula is C17H36N2O4S. The molecule has 0 aliphatic heterocycles. The molecule has 1 saturated carbocycles. The highest BCUT2D eigenvalue weighted by Crippen LogP contribution is 2.30. The molecule has 1 rings (SSSR count). The molecule has 3 atom stereocenters. The van der Waals surface area contributed by atoms with Gasteiger partial charge in [-0.3, -0.25) is 0 Å². The van der Waals surface area contributed by atoms with Gasteiger partial charge in [0.15, 0.2) is 0 Å². The molecule has 1 aliphatic rings. The van der Waals surface area contributed by atoms with E-state index in [0.717, 1.165) is 25.7 Å². The monoisotopic (exact) mass is 364 g/mol. The first-order valence-corrected chi connectivity index (χ1v) is 10.7. The number of unbranched alkanes of at least 4 members (excludes halogenated alkanes) is 1. The van der Waals surface area contributed by atoms with Crippen molar-refractivity contribution in [3.63, 3.8) is 0 Å². The normalized spacial score (nSPS) is 21.4. The van der Waals surface area contributed by atoms with Gasteiger partial charge in [-0.2, -0.15) is 0 Å². The molecule has 7 heteroatoms. The molecule has 0 radical (unpaired) electrons. The SMILES string of the molecule is CCCCNS(=O)(=O)C(C)(C)C(O)[C@H](O)[C@@H](N)CC1CCCCC1. The minimum Gasteiger partial charge on any atom is -0.389 e. The Kier molecular flexibility index (Phi) is 8.62. The number of sulfonamides is 1. The van der Waals surface area contributed by atoms with Crippen molar-refractivity contribution in [1.82, 2.24) is 4.72 Å². The van der Waals surface area contributed by atoms with E-state index in [4.69, 9.17) is 5.73 Å². The zero-order valence-electron chi connectivity index (χ0n) is 15.4. The summed E-state index contributed by atoms with van der Waals surface area (Å²) in [5.41, 5.74) is 6.09. The average Bonchev–Trinajstić information content (AvgIpc) is 2.54. The second kappa shape index (κ2) is 9.48. The third kappa shape index (κ3) is 5.66. The van der Waals surface area contributed by atoms with Gasteiger partial charge in [0.1, 0.15) is 10.9 Å². The van der Waals surface area contributed by atoms with Crippen LogP contribution in [-0.2, 0) is 10.0 Å². The van der Waals surface area contributed by atoms with Crippen molar-refractivity contribution in [2.45, 2.75) is 95.1 Å². The third-order valence-corrected chi connectivity index (χ3v) is 7.53. The topological polar surface area (TPSA) is 113 Å². The van der Waals surface area contributed by atoms with Crippen LogP contribution in [0.25, 0.3) is 0 Å². The number of aliphatic hydroxyl groups excluding tert-OH is 2. The van der Waals surface area contributed by atoms with Crippen LogP contribution in [0, 0.1) is 5.92 Å². The van der Waals surface area contributed by atoms with Crippen LogP contribution in [0.15, 0.2) is 0 Å². The van der Waals surface area contributed by atoms with Crippen LogP contribution >= 0.6 is 0 Å². The lowest BCUT2D eigenvalue weighted by molar-refractivity contribution is -0.0188. The van der Waals surface area contributed by atoms with Crippen LogP contribution in [0.5, 0.6) is 0 Å². The zero-order chi connectivity index (χ0) is 18.4. The summed E-state index contributed by atoms with van der Waals surface area (Å²) in [6.07, 6.45) is 5.32. The molecule has 1 unspecified atom stereocenters. The Morgan fingerprint density at radius 1 is 1.21 bits per heavy atom. The maximum atomic E-state index is 12.5. The predicted molar refractivity (Wildman–Crippen MR) is 97.1 cm³/mol. The van der Waals surface area contributed by atoms with Crippen molar-refractivity contribution in [3.8, 4) is 0 Å². The van der Waals surface area contributed by atoms with E-state index in [1.807, 2.05) is 6.92 Å². The van der Waals surface area contributed by atoms with Crippen LogP contribution in [0.1, 0.15) is 72.1 Å². The van der Waals surface area contributed by atoms with Crippen LogP contribution < -0.4 is 10.5 Å². The van der Waals surface area contributed by atoms with Crippen LogP contribution in [0.2, 0.25) is 0 Å². The first-order chi connectivity index (χ1) is 11.1. The van der Waals surface area contributed by atoms with E-state index in [2.05, 4.69) is 4.72 Å². The molecule has 1 fully saturated rings. The first kappa shape index (κ1) is 21.8. The number of hydrogen-bond donors (Lipinski definition) is 4. The summed E-state index contributed by atoms with van der Waals surface area (Å²) in [4.78, 5) is 0. The van der Waals surface area contributed by atoms with E-state index in [1.165, 1.54) is 33.1 Å². The minimum atomic E-state index is -3.76. The lowest BCUT2D eigenvalue weighted by Gasteiger charge is -2.36. The van der Waals surface area contributed by atoms with Crippen molar-refractivity contribution in [1.29, 1.82) is 0 Å². The van der Waals surface area contributed by atoms with Gasteiger partial charge < -0.3 is 15.9 Å². The largest absolute Gasteiger partial charge is 0.389 e. The van der Waals surface area contributed by atoms with Gasteiger partial charge >= 0.3 is 0 Å². The fourth-order valence-electron chi connectivity index (χ4n) is 3.32. The highest BCUT2D eigenvalue weighted by Gasteiger charge is 2.46. The summed E-state index contributed by atoms with van der Waals surface area (Å²) in [7, 11) is -3.76. The summed E-state index contributed by atoms with van der Waals surface area (Å²) >= 11 is 0. The van der Waals surface area contributed by atoms with Crippen molar-refractivity contribution < 1.29 is 18.6 Å². The number of nitrogens with two attached hydrogens (primary N) is 1. The second-order valence-electron chi connectivity index (χ2n) is 7.69. The van der Waals surface area contributed by atoms with E-state index in [-0.39, 0.29) is 0 Å². The summed E-state index contributed by atoms with van der Waals surface area (Å²) in [6.45, 7) is 5.17. The van der Waals surface area contributed by atoms with Crippen LogP contribution in [0.4, 0.5) is 0 Å². The predicted octanol–water partition coefficient (Wildman–Crippen LogP) is 1.50. The average molecular weight is 365 g/mol. The molecule has 1 aliphatic carbocycles. The van der Waals surface area contributed by atoms with Crippen molar-refractivity contribution >= 4 is 10.0 Å². The maximum Gasteiger partial charge on any atom is 0.219 e. The second-order valence-corrected chi connectivity index (χ2v) is 10.0. The molecule has 0 aromatic heterocycles. The van der Waals surface area contributed by atoms with Gasteiger partial charge in [0.2, 0.25) is 10.0 Å². The number of nitrogens with one attached hydrogen (secondary N) is 1. The molecule has 0 bridgehead atoms. The molecule has 0 aromatic rings. The van der Waals surface area contributed by atoms with Gasteiger partial charge in [0.25, 0.3) is 0 Å². The first-order valence-electron chi connectivity index (χ1n) is 9.24. The summed E-state index contributed by atoms with van der Waals surface area (Å²) in [6, 6.07) is -0.617. The van der Waals surface area contributed by atoms with Gasteiger partial charge in [-0.05, 0) is 32.6 Å². The van der Waals surface area contributed by atoms with Crippen LogP contribution in [0.3, 0.4) is 0 Å². The third-order valence-electron chi connectivity index (χ3n) is 5.32. The number of aliphatic hydroxyl groups is 2. The van der Waals surface area contributed by atoms with Gasteiger partial charge in [-0.25, -0.2) is 13.1 Å². The molecule has 0 heterocycles. The number of rotatable bonds is 10. The molecule has 0 saturated heterocycles. The molecule has 24 heavy (non-hydrogen) atoms. The fraction of sp³-hybridized carbons (Fsp3) is 1.00. The van der Waals surface area contributed by atoms with E-state index in [9.17, 15) is 18.6 Å². The molecule has 0 aromatic carbocycles. The Morgan fingerprint density at radius 2 is 1.79 bits per heavy atom. The van der Waals surface area contributed by atoms with E-state index in [0.29, 0.717) is 18.9 Å². The smallest absolute Gasteiger partial charge is 0.219 e. The van der Waals surface area contributed by atoms with Crippen molar-refractivity contribution in [3.05, 3.63) is 0 Å². The Labute approximate surface area is 147 Å². The Hall–Kier alpha value is -0.210. The number of hydrogen-bond acceptors (Lipinski definition) is 5. The molecule has 6 nitrogen and oxygen atoms in total. The lowest BCUT2D eigenvalue weighted by Crippen LogP contribution is -2.58. The molecule has 0 amide bonds. The minimum absolute atomic E-state index is 0.333. The van der Waals surface area contributed by atoms with E-state index >= 15 is 0 Å². The molecule has 5 N–H and O–H groups in total. The Bertz CT molecular complexity index is 461. The van der Waals surface area contributed by atoms with Gasteiger partial charge in [-0.15, -0.1) is 0 Å². The fourth-order valence-corrected chi connectivity index (χ4v) is 4.56. The van der Waals surface area contributed by atoms with Gasteiger partial charge in [0.05, 0.1) is 6.10 Å². The highest BCUT2D eigenvalue weighted by atomic mass is 32.2. The van der Waals surface area contributed by atoms with Crippen molar-refractivity contribution in [2.24, 2.45) is 11.7 Å². The van der Waals surface area contributed by atoms with Gasteiger partial charge in [0, 0.05) is 12.6 Å². The summed E-state index contributed by atoms with van der Waals surface area (Å²) in [5.74, 6) is 0.456. The maximum absolute atomic E-state index is 12.5. The van der Waals surface area contributed by atoms with Gasteiger partial charge in [-0.1, -0.05) is 45.4 Å². The summed E-state index contributed by atoms with van der Waals surface area (Å²) < 4.78 is 25.9. The standard InChI is InChI=1S/C17H36N2O4S/c1-4-5-11-19-24(22,23)17(2,3)16(21)15(20)14(18)12-13-9-7-6-8-10-13/h13-16,19-21H,4-12,18H2,1-3H3/t14-,15+,16?/m0/s1. The summed E-state index contributed by atoms with van der Waals surface area (Å²) in [5, 5.41) is 20.9. The lowest BCUT2D eigenvalue weighted by atomic mass is 9.82. The van der Waals surface area contributed by atoms with Crippen molar-refractivity contribution in [2.75, 3.05) is 6.54 Å². The Morgan fingerprint density at radius 3 is 2.33 bits per heavy atom. The quantitative estimate of drug-likeness (QED) is 0.439. The molecule has 144 valence electrons. The highest BCUT2D eigenvalue weighted by molar-refractivity contribution is 7.90. The van der Waals surface area contributed by atoms with E-state index < -0.39 is 33.0 Å². The van der Waals surface area contributed by atoms with E-state index in [1.54, 1.807) is 0 Å². The molecule has 0 spiro atoms.